The molecule has 0 aromatic carbocycles. The summed E-state index contributed by atoms with van der Waals surface area (Å²) in [6, 6.07) is 2.59. The number of pyridine rings is 1. The zero-order chi connectivity index (χ0) is 15.0. The highest BCUT2D eigenvalue weighted by Gasteiger charge is 2.41. The lowest BCUT2D eigenvalue weighted by atomic mass is 10.2. The minimum Gasteiger partial charge on any atom is -0.339 e. The molecule has 2 aromatic heterocycles. The lowest BCUT2D eigenvalue weighted by Crippen LogP contribution is -2.33. The van der Waals surface area contributed by atoms with Gasteiger partial charge in [-0.3, -0.25) is 14.7 Å². The number of rotatable bonds is 3. The highest BCUT2D eigenvalue weighted by Crippen LogP contribution is 2.19. The first-order valence-corrected chi connectivity index (χ1v) is 6.35. The van der Waals surface area contributed by atoms with Gasteiger partial charge in [-0.05, 0) is 12.1 Å². The Balaban J connectivity index is 1.79. The van der Waals surface area contributed by atoms with Crippen LogP contribution in [0.3, 0.4) is 0 Å². The quantitative estimate of drug-likeness (QED) is 0.766. The molecule has 1 aliphatic heterocycles. The van der Waals surface area contributed by atoms with Crippen LogP contribution in [0.25, 0.3) is 11.4 Å². The molecule has 21 heavy (non-hydrogen) atoms. The van der Waals surface area contributed by atoms with E-state index in [0.717, 1.165) is 10.5 Å². The van der Waals surface area contributed by atoms with Crippen molar-refractivity contribution >= 4 is 11.9 Å². The first kappa shape index (κ1) is 13.2. The van der Waals surface area contributed by atoms with Gasteiger partial charge in [0.2, 0.25) is 11.7 Å². The van der Waals surface area contributed by atoms with Crippen LogP contribution in [0.1, 0.15) is 5.89 Å². The predicted octanol–water partition coefficient (Wildman–Crippen LogP) is 0.566. The number of carbonyl (C=O) groups is 2. The fraction of sp³-hybridized carbons (Fsp3) is 0.308. The summed E-state index contributed by atoms with van der Waals surface area (Å²) in [6.07, 6.45) is 3.46. The van der Waals surface area contributed by atoms with Gasteiger partial charge in [-0.2, -0.15) is 4.98 Å². The Morgan fingerprint density at radius 3 is 2.57 bits per heavy atom. The molecule has 0 unspecified atom stereocenters. The fourth-order valence-electron chi connectivity index (χ4n) is 2.20. The third-order valence-electron chi connectivity index (χ3n) is 3.45. The van der Waals surface area contributed by atoms with Crippen LogP contribution in [0.4, 0.5) is 4.79 Å². The van der Waals surface area contributed by atoms with E-state index in [1.54, 1.807) is 31.6 Å². The van der Waals surface area contributed by atoms with Gasteiger partial charge in [-0.15, -0.1) is 0 Å². The Morgan fingerprint density at radius 1 is 1.24 bits per heavy atom. The van der Waals surface area contributed by atoms with E-state index in [1.807, 2.05) is 0 Å². The zero-order valence-electron chi connectivity index (χ0n) is 11.6. The molecule has 108 valence electrons. The van der Waals surface area contributed by atoms with Crippen molar-refractivity contribution in [2.45, 2.75) is 12.5 Å². The molecule has 2 aromatic rings. The molecule has 0 aliphatic carbocycles. The Hall–Kier alpha value is -2.77. The standard InChI is InChI=1S/C13H13N5O3/c1-17-9(12(19)18(2)13(17)20)7-10-15-11(16-21-10)8-3-5-14-6-4-8/h3-6,9H,7H2,1-2H3/t9-/m0/s1. The van der Waals surface area contributed by atoms with Gasteiger partial charge in [0.05, 0.1) is 6.42 Å². The monoisotopic (exact) mass is 287 g/mol. The van der Waals surface area contributed by atoms with Crippen molar-refractivity contribution < 1.29 is 14.1 Å². The first-order valence-electron chi connectivity index (χ1n) is 6.35. The molecule has 0 spiro atoms. The summed E-state index contributed by atoms with van der Waals surface area (Å²) in [4.78, 5) is 34.3. The molecule has 0 bridgehead atoms. The van der Waals surface area contributed by atoms with Crippen molar-refractivity contribution in [2.75, 3.05) is 14.1 Å². The number of hydrogen-bond acceptors (Lipinski definition) is 6. The minimum atomic E-state index is -0.603. The van der Waals surface area contributed by atoms with E-state index in [4.69, 9.17) is 4.52 Å². The maximum atomic E-state index is 12.0. The summed E-state index contributed by atoms with van der Waals surface area (Å²) in [7, 11) is 3.03. The summed E-state index contributed by atoms with van der Waals surface area (Å²) in [5.41, 5.74) is 0.777. The van der Waals surface area contributed by atoms with Crippen LogP contribution in [0, 0.1) is 0 Å². The third-order valence-corrected chi connectivity index (χ3v) is 3.45. The summed E-state index contributed by atoms with van der Waals surface area (Å²) in [5.74, 6) is 0.474. The molecular formula is C13H13N5O3. The molecule has 0 N–H and O–H groups in total. The highest BCUT2D eigenvalue weighted by molar-refractivity contribution is 6.03. The van der Waals surface area contributed by atoms with Gasteiger partial charge in [0.25, 0.3) is 5.91 Å². The summed E-state index contributed by atoms with van der Waals surface area (Å²) < 4.78 is 5.16. The second-order valence-corrected chi connectivity index (χ2v) is 4.76. The fourth-order valence-corrected chi connectivity index (χ4v) is 2.20. The molecule has 3 rings (SSSR count). The number of hydrogen-bond donors (Lipinski definition) is 0. The lowest BCUT2D eigenvalue weighted by Gasteiger charge is -2.13. The largest absolute Gasteiger partial charge is 0.339 e. The topological polar surface area (TPSA) is 92.4 Å². The van der Waals surface area contributed by atoms with Gasteiger partial charge in [0, 0.05) is 32.1 Å². The molecule has 1 saturated heterocycles. The van der Waals surface area contributed by atoms with Gasteiger partial charge in [0.15, 0.2) is 0 Å². The molecule has 1 aliphatic rings. The van der Waals surface area contributed by atoms with Gasteiger partial charge >= 0.3 is 6.03 Å². The molecule has 3 heterocycles. The number of aromatic nitrogens is 3. The van der Waals surface area contributed by atoms with Crippen LogP contribution in [0.2, 0.25) is 0 Å². The second kappa shape index (κ2) is 4.97. The molecule has 8 heteroatoms. The molecule has 1 atom stereocenters. The average Bonchev–Trinajstić information content (AvgIpc) is 3.05. The van der Waals surface area contributed by atoms with Crippen molar-refractivity contribution in [3.05, 3.63) is 30.4 Å². The van der Waals surface area contributed by atoms with E-state index in [0.29, 0.717) is 11.7 Å². The summed E-state index contributed by atoms with van der Waals surface area (Å²) >= 11 is 0. The first-order chi connectivity index (χ1) is 10.1. The van der Waals surface area contributed by atoms with Crippen LogP contribution in [-0.2, 0) is 11.2 Å². The number of nitrogens with zero attached hydrogens (tertiary/aromatic N) is 5. The summed E-state index contributed by atoms with van der Waals surface area (Å²) in [5, 5.41) is 3.87. The minimum absolute atomic E-state index is 0.198. The molecule has 0 saturated carbocycles. The van der Waals surface area contributed by atoms with Gasteiger partial charge < -0.3 is 9.42 Å². The van der Waals surface area contributed by atoms with Crippen molar-refractivity contribution in [2.24, 2.45) is 0 Å². The van der Waals surface area contributed by atoms with E-state index in [9.17, 15) is 9.59 Å². The van der Waals surface area contributed by atoms with Crippen LogP contribution in [0.5, 0.6) is 0 Å². The third kappa shape index (κ3) is 2.24. The van der Waals surface area contributed by atoms with Gasteiger partial charge in [0.1, 0.15) is 6.04 Å². The van der Waals surface area contributed by atoms with Crippen molar-refractivity contribution in [1.29, 1.82) is 0 Å². The number of urea groups is 1. The molecule has 1 fully saturated rings. The van der Waals surface area contributed by atoms with Crippen LogP contribution >= 0.6 is 0 Å². The SMILES string of the molecule is CN1C(=O)[C@H](Cc2nc(-c3ccncc3)no2)N(C)C1=O. The van der Waals surface area contributed by atoms with E-state index in [1.165, 1.54) is 11.9 Å². The van der Waals surface area contributed by atoms with Crippen molar-refractivity contribution in [3.63, 3.8) is 0 Å². The van der Waals surface area contributed by atoms with Gasteiger partial charge in [-0.1, -0.05) is 5.16 Å². The second-order valence-electron chi connectivity index (χ2n) is 4.76. The molecule has 3 amide bonds. The number of imide groups is 1. The normalized spacial score (nSPS) is 18.7. The Morgan fingerprint density at radius 2 is 1.95 bits per heavy atom. The van der Waals surface area contributed by atoms with Crippen LogP contribution in [0.15, 0.2) is 29.0 Å². The maximum Gasteiger partial charge on any atom is 0.326 e. The summed E-state index contributed by atoms with van der Waals surface area (Å²) in [6.45, 7) is 0. The Labute approximate surface area is 120 Å². The maximum absolute atomic E-state index is 12.0. The van der Waals surface area contributed by atoms with Crippen LogP contribution < -0.4 is 0 Å². The molecular weight excluding hydrogens is 274 g/mol. The average molecular weight is 287 g/mol. The Bertz CT molecular complexity index is 684. The van der Waals surface area contributed by atoms with E-state index in [-0.39, 0.29) is 18.4 Å². The Kier molecular flexibility index (Phi) is 3.13. The van der Waals surface area contributed by atoms with E-state index < -0.39 is 6.04 Å². The highest BCUT2D eigenvalue weighted by atomic mass is 16.5. The van der Waals surface area contributed by atoms with E-state index in [2.05, 4.69) is 15.1 Å². The number of carbonyl (C=O) groups excluding carboxylic acids is 2. The van der Waals surface area contributed by atoms with Crippen molar-refractivity contribution in [1.82, 2.24) is 24.9 Å². The van der Waals surface area contributed by atoms with Crippen molar-refractivity contribution in [3.8, 4) is 11.4 Å². The molecule has 0 radical (unpaired) electrons. The predicted molar refractivity (Wildman–Crippen MR) is 71.0 cm³/mol. The zero-order valence-corrected chi connectivity index (χ0v) is 11.6. The molecule has 8 nitrogen and oxygen atoms in total. The number of amides is 3. The van der Waals surface area contributed by atoms with Gasteiger partial charge in [-0.25, -0.2) is 4.79 Å². The smallest absolute Gasteiger partial charge is 0.326 e. The van der Waals surface area contributed by atoms with Crippen LogP contribution in [-0.4, -0.2) is 57.0 Å². The number of likely N-dealkylation sites (N-methyl/N-ethyl adjacent to an activating group) is 2. The lowest BCUT2D eigenvalue weighted by molar-refractivity contribution is -0.127. The van der Waals surface area contributed by atoms with E-state index >= 15 is 0 Å².